The van der Waals surface area contributed by atoms with Crippen LogP contribution in [0.1, 0.15) is 6.92 Å². The van der Waals surface area contributed by atoms with Crippen molar-refractivity contribution in [1.29, 1.82) is 0 Å². The van der Waals surface area contributed by atoms with E-state index >= 15 is 0 Å². The number of rotatable bonds is 3. The molecule has 10 heteroatoms. The average molecular weight is 222 g/mol. The minimum atomic E-state index is -5.32. The minimum Gasteiger partial charge on any atom is -0.238 e. The maximum atomic E-state index is 10.3. The van der Waals surface area contributed by atoms with Gasteiger partial charge in [0.05, 0.1) is 3.46 Å². The summed E-state index contributed by atoms with van der Waals surface area (Å²) in [6, 6.07) is 0. The molecule has 0 aliphatic carbocycles. The van der Waals surface area contributed by atoms with Gasteiger partial charge in [-0.2, -0.15) is 5.21 Å². The summed E-state index contributed by atoms with van der Waals surface area (Å²) < 4.78 is 54.7. The van der Waals surface area contributed by atoms with Gasteiger partial charge in [-0.3, -0.25) is 0 Å². The van der Waals surface area contributed by atoms with Gasteiger partial charge in [0.15, 0.2) is 0 Å². The quantitative estimate of drug-likeness (QED) is 0.311. The summed E-state index contributed by atoms with van der Waals surface area (Å²) in [7, 11) is -10.6. The molecule has 0 fully saturated rings. The molecule has 0 unspecified atom stereocenters. The van der Waals surface area contributed by atoms with Crippen molar-refractivity contribution in [2.75, 3.05) is 6.54 Å². The van der Waals surface area contributed by atoms with Crippen molar-refractivity contribution in [2.45, 2.75) is 6.92 Å². The third-order valence-electron chi connectivity index (χ3n) is 1.12. The van der Waals surface area contributed by atoms with Crippen molar-refractivity contribution in [3.8, 4) is 0 Å². The van der Waals surface area contributed by atoms with E-state index in [1.807, 2.05) is 0 Å². The molecule has 3 N–H and O–H groups in total. The molecule has 0 aromatic rings. The topological polar surface area (TPSA) is 129 Å². The Morgan fingerprint density at radius 1 is 1.08 bits per heavy atom. The monoisotopic (exact) mass is 222 g/mol. The fourth-order valence-corrected chi connectivity index (χ4v) is 2.05. The molecule has 0 aromatic carbocycles. The van der Waals surface area contributed by atoms with Gasteiger partial charge in [-0.15, -0.1) is 16.8 Å². The molecule has 8 nitrogen and oxygen atoms in total. The standard InChI is InChI=1S/C2H7NO7S2/c1-2-3(4,11(5,6)7)12(8,9)10/h4H,2H2,1H3,(H-,5,6,7,8,9,10)/p+1. The second-order valence-electron chi connectivity index (χ2n) is 1.85. The first-order chi connectivity index (χ1) is 5.06. The SMILES string of the molecule is CC[N+](O)(S(=O)(=O)O)S(=O)(=O)O. The molecule has 0 amide bonds. The van der Waals surface area contributed by atoms with Crippen molar-refractivity contribution < 1.29 is 34.6 Å². The van der Waals surface area contributed by atoms with Crippen LogP contribution in [0.5, 0.6) is 0 Å². The Hall–Kier alpha value is -0.260. The third-order valence-corrected chi connectivity index (χ3v) is 4.21. The van der Waals surface area contributed by atoms with E-state index in [1.54, 1.807) is 0 Å². The van der Waals surface area contributed by atoms with Crippen molar-refractivity contribution in [2.24, 2.45) is 0 Å². The summed E-state index contributed by atoms with van der Waals surface area (Å²) in [5.41, 5.74) is 0. The predicted molar refractivity (Wildman–Crippen MR) is 35.7 cm³/mol. The second-order valence-corrected chi connectivity index (χ2v) is 5.08. The highest BCUT2D eigenvalue weighted by Gasteiger charge is 2.51. The third kappa shape index (κ3) is 1.73. The number of quaternary nitrogens is 1. The Morgan fingerprint density at radius 2 is 1.33 bits per heavy atom. The smallest absolute Gasteiger partial charge is 0.238 e. The van der Waals surface area contributed by atoms with Crippen LogP contribution in [0.15, 0.2) is 0 Å². The first kappa shape index (κ1) is 11.7. The van der Waals surface area contributed by atoms with Crippen molar-refractivity contribution in [3.05, 3.63) is 0 Å². The van der Waals surface area contributed by atoms with Gasteiger partial charge < -0.3 is 0 Å². The van der Waals surface area contributed by atoms with E-state index < -0.39 is 30.6 Å². The zero-order chi connectivity index (χ0) is 10.2. The first-order valence-corrected chi connectivity index (χ1v) is 5.41. The summed E-state index contributed by atoms with van der Waals surface area (Å²) in [4.78, 5) is 0. The normalized spacial score (nSPS) is 14.7. The van der Waals surface area contributed by atoms with Crippen LogP contribution in [0.2, 0.25) is 0 Å². The van der Waals surface area contributed by atoms with E-state index in [1.165, 1.54) is 0 Å². The largest absolute Gasteiger partial charge is 0.481 e. The van der Waals surface area contributed by atoms with E-state index in [0.717, 1.165) is 6.92 Å². The maximum absolute atomic E-state index is 10.3. The molecule has 0 saturated carbocycles. The summed E-state index contributed by atoms with van der Waals surface area (Å²) in [5.74, 6) is 0. The van der Waals surface area contributed by atoms with Gasteiger partial charge in [0.2, 0.25) is 0 Å². The molecule has 0 radical (unpaired) electrons. The fourth-order valence-electron chi connectivity index (χ4n) is 0.445. The van der Waals surface area contributed by atoms with Crippen LogP contribution in [0, 0.1) is 0 Å². The number of hydrogen-bond acceptors (Lipinski definition) is 5. The van der Waals surface area contributed by atoms with E-state index in [-0.39, 0.29) is 0 Å². The molecule has 0 aliphatic heterocycles. The lowest BCUT2D eigenvalue weighted by molar-refractivity contribution is -0.899. The molecule has 0 atom stereocenters. The molecule has 0 spiro atoms. The van der Waals surface area contributed by atoms with Crippen LogP contribution in [-0.2, 0) is 20.6 Å². The van der Waals surface area contributed by atoms with E-state index in [9.17, 15) is 16.8 Å². The van der Waals surface area contributed by atoms with Gasteiger partial charge in [-0.25, -0.2) is 9.11 Å². The van der Waals surface area contributed by atoms with Crippen LogP contribution in [0.4, 0.5) is 0 Å². The summed E-state index contributed by atoms with van der Waals surface area (Å²) in [5, 5.41) is 8.75. The van der Waals surface area contributed by atoms with E-state index in [0.29, 0.717) is 0 Å². The second kappa shape index (κ2) is 2.90. The van der Waals surface area contributed by atoms with Gasteiger partial charge in [0.1, 0.15) is 6.54 Å². The lowest BCUT2D eigenvalue weighted by Crippen LogP contribution is -2.53. The maximum Gasteiger partial charge on any atom is 0.481 e. The Morgan fingerprint density at radius 3 is 1.33 bits per heavy atom. The molecular weight excluding hydrogens is 214 g/mol. The zero-order valence-electron chi connectivity index (χ0n) is 5.95. The molecule has 0 bridgehead atoms. The summed E-state index contributed by atoms with van der Waals surface area (Å²) >= 11 is 0. The van der Waals surface area contributed by atoms with Crippen molar-refractivity contribution in [1.82, 2.24) is 0 Å². The van der Waals surface area contributed by atoms with Gasteiger partial charge in [-0.1, -0.05) is 0 Å². The molecule has 74 valence electrons. The van der Waals surface area contributed by atoms with Crippen LogP contribution in [-0.4, -0.2) is 41.2 Å². The number of hydroxylamine groups is 1. The number of hydrogen-bond donors (Lipinski definition) is 3. The summed E-state index contributed by atoms with van der Waals surface area (Å²) in [6.45, 7) is 0.0131. The molecule has 0 rings (SSSR count). The Labute approximate surface area is 69.4 Å². The first-order valence-electron chi connectivity index (χ1n) is 2.62. The molecule has 12 heavy (non-hydrogen) atoms. The summed E-state index contributed by atoms with van der Waals surface area (Å²) in [6.07, 6.45) is 0. The fraction of sp³-hybridized carbons (Fsp3) is 1.00. The lowest BCUT2D eigenvalue weighted by atomic mass is 10.8. The number of nitrogens with zero attached hydrogens (tertiary/aromatic N) is 1. The van der Waals surface area contributed by atoms with Crippen molar-refractivity contribution in [3.63, 3.8) is 0 Å². The molecular formula is C2H8NO7S2+. The van der Waals surface area contributed by atoms with Crippen LogP contribution < -0.4 is 0 Å². The highest BCUT2D eigenvalue weighted by Crippen LogP contribution is 2.14. The highest BCUT2D eigenvalue weighted by molar-refractivity contribution is 7.92. The van der Waals surface area contributed by atoms with Crippen LogP contribution in [0.25, 0.3) is 0 Å². The Bertz CT molecular complexity index is 319. The van der Waals surface area contributed by atoms with Gasteiger partial charge >= 0.3 is 20.6 Å². The van der Waals surface area contributed by atoms with Crippen LogP contribution in [0.3, 0.4) is 0 Å². The average Bonchev–Trinajstić information content (AvgIpc) is 1.81. The van der Waals surface area contributed by atoms with Crippen molar-refractivity contribution >= 4 is 20.6 Å². The van der Waals surface area contributed by atoms with E-state index in [2.05, 4.69) is 0 Å². The van der Waals surface area contributed by atoms with Gasteiger partial charge in [-0.05, 0) is 6.92 Å². The lowest BCUT2D eigenvalue weighted by Gasteiger charge is -2.18. The predicted octanol–water partition coefficient (Wildman–Crippen LogP) is -1.18. The van der Waals surface area contributed by atoms with E-state index in [4.69, 9.17) is 14.3 Å². The zero-order valence-corrected chi connectivity index (χ0v) is 7.58. The van der Waals surface area contributed by atoms with Gasteiger partial charge in [0.25, 0.3) is 0 Å². The molecule has 0 aromatic heterocycles. The Balaban J connectivity index is 5.58. The molecule has 0 heterocycles. The minimum absolute atomic E-state index is 0.933. The van der Waals surface area contributed by atoms with Crippen LogP contribution >= 0.6 is 0 Å². The Kier molecular flexibility index (Phi) is 2.84. The molecule has 0 saturated heterocycles. The van der Waals surface area contributed by atoms with Gasteiger partial charge in [0, 0.05) is 0 Å². The highest BCUT2D eigenvalue weighted by atomic mass is 32.3. The molecule has 0 aliphatic rings.